The standard InChI is InChI=1S/C4H8O2.C2H2F2O/c1-3-6-4(2)5;3-2(4)1-5/h3H2,1-2H3;1-2H. The molecular formula is C6H10F2O3. The van der Waals surface area contributed by atoms with Gasteiger partial charge in [-0.3, -0.25) is 9.59 Å². The summed E-state index contributed by atoms with van der Waals surface area (Å²) >= 11 is 0. The Morgan fingerprint density at radius 3 is 2.00 bits per heavy atom. The Balaban J connectivity index is 0. The van der Waals surface area contributed by atoms with E-state index in [2.05, 4.69) is 4.74 Å². The van der Waals surface area contributed by atoms with Crippen LogP contribution >= 0.6 is 0 Å². The van der Waals surface area contributed by atoms with Crippen LogP contribution in [-0.4, -0.2) is 25.3 Å². The number of rotatable bonds is 2. The van der Waals surface area contributed by atoms with Crippen LogP contribution in [0.3, 0.4) is 0 Å². The maximum absolute atomic E-state index is 10.4. The third-order valence-electron chi connectivity index (χ3n) is 0.450. The number of ether oxygens (including phenoxy) is 1. The molecule has 0 rings (SSSR count). The largest absolute Gasteiger partial charge is 0.466 e. The van der Waals surface area contributed by atoms with E-state index >= 15 is 0 Å². The molecule has 0 radical (unpaired) electrons. The van der Waals surface area contributed by atoms with Crippen molar-refractivity contribution < 1.29 is 23.1 Å². The number of halogens is 2. The fourth-order valence-electron chi connectivity index (χ4n) is 0.203. The molecule has 0 aliphatic heterocycles. The molecule has 5 heteroatoms. The minimum Gasteiger partial charge on any atom is -0.466 e. The van der Waals surface area contributed by atoms with Gasteiger partial charge in [-0.1, -0.05) is 0 Å². The highest BCUT2D eigenvalue weighted by Gasteiger charge is 1.91. The van der Waals surface area contributed by atoms with E-state index in [1.165, 1.54) is 6.92 Å². The summed E-state index contributed by atoms with van der Waals surface area (Å²) in [6, 6.07) is 0. The summed E-state index contributed by atoms with van der Waals surface area (Å²) in [5.41, 5.74) is 0. The lowest BCUT2D eigenvalue weighted by Gasteiger charge is -1.89. The number of hydrogen-bond donors (Lipinski definition) is 0. The fourth-order valence-corrected chi connectivity index (χ4v) is 0.203. The Bertz CT molecular complexity index is 114. The topological polar surface area (TPSA) is 43.4 Å². The van der Waals surface area contributed by atoms with Crippen LogP contribution in [0.1, 0.15) is 13.8 Å². The van der Waals surface area contributed by atoms with Crippen molar-refractivity contribution in [1.82, 2.24) is 0 Å². The first kappa shape index (κ1) is 12.7. The van der Waals surface area contributed by atoms with Gasteiger partial charge in [-0.2, -0.15) is 0 Å². The van der Waals surface area contributed by atoms with Gasteiger partial charge in [-0.15, -0.1) is 0 Å². The predicted molar refractivity (Wildman–Crippen MR) is 34.4 cm³/mol. The second-order valence-electron chi connectivity index (χ2n) is 1.40. The van der Waals surface area contributed by atoms with Crippen LogP contribution in [0.15, 0.2) is 0 Å². The van der Waals surface area contributed by atoms with Crippen molar-refractivity contribution in [3.05, 3.63) is 0 Å². The normalized spacial score (nSPS) is 8.09. The predicted octanol–water partition coefficient (Wildman–Crippen LogP) is 1.02. The van der Waals surface area contributed by atoms with E-state index in [1.54, 1.807) is 6.92 Å². The van der Waals surface area contributed by atoms with Crippen molar-refractivity contribution in [1.29, 1.82) is 0 Å². The van der Waals surface area contributed by atoms with Crippen LogP contribution < -0.4 is 0 Å². The molecule has 3 nitrogen and oxygen atoms in total. The Labute approximate surface area is 63.3 Å². The van der Waals surface area contributed by atoms with Crippen LogP contribution in [0.2, 0.25) is 0 Å². The van der Waals surface area contributed by atoms with E-state index in [0.717, 1.165) is 0 Å². The minimum atomic E-state index is -2.80. The van der Waals surface area contributed by atoms with Crippen LogP contribution in [0, 0.1) is 0 Å². The van der Waals surface area contributed by atoms with Crippen LogP contribution in [0.25, 0.3) is 0 Å². The summed E-state index contributed by atoms with van der Waals surface area (Å²) in [5.74, 6) is -0.211. The SMILES string of the molecule is CCOC(C)=O.O=CC(F)F. The first-order valence-electron chi connectivity index (χ1n) is 2.91. The van der Waals surface area contributed by atoms with Crippen molar-refractivity contribution >= 4 is 12.3 Å². The number of alkyl halides is 2. The second kappa shape index (κ2) is 9.00. The van der Waals surface area contributed by atoms with Gasteiger partial charge in [0.2, 0.25) is 0 Å². The smallest absolute Gasteiger partial charge is 0.302 e. The van der Waals surface area contributed by atoms with Gasteiger partial charge in [-0.25, -0.2) is 8.78 Å². The molecule has 0 fully saturated rings. The van der Waals surface area contributed by atoms with Gasteiger partial charge < -0.3 is 4.74 Å². The molecule has 0 heterocycles. The minimum absolute atomic E-state index is 0.211. The highest BCUT2D eigenvalue weighted by molar-refractivity contribution is 5.65. The van der Waals surface area contributed by atoms with E-state index in [-0.39, 0.29) is 5.97 Å². The highest BCUT2D eigenvalue weighted by atomic mass is 19.3. The first-order chi connectivity index (χ1) is 5.04. The van der Waals surface area contributed by atoms with Crippen molar-refractivity contribution in [2.45, 2.75) is 20.3 Å². The van der Waals surface area contributed by atoms with E-state index in [0.29, 0.717) is 6.61 Å². The van der Waals surface area contributed by atoms with Crippen molar-refractivity contribution in [3.8, 4) is 0 Å². The number of hydrogen-bond acceptors (Lipinski definition) is 3. The molecule has 0 unspecified atom stereocenters. The zero-order valence-electron chi connectivity index (χ0n) is 6.34. The molecule has 0 saturated carbocycles. The molecule has 0 spiro atoms. The molecule has 0 aromatic heterocycles. The summed E-state index contributed by atoms with van der Waals surface area (Å²) in [7, 11) is 0. The lowest BCUT2D eigenvalue weighted by Crippen LogP contribution is -1.95. The fraction of sp³-hybridized carbons (Fsp3) is 0.667. The van der Waals surface area contributed by atoms with Crippen LogP contribution in [-0.2, 0) is 14.3 Å². The zero-order chi connectivity index (χ0) is 9.28. The lowest BCUT2D eigenvalue weighted by molar-refractivity contribution is -0.140. The summed E-state index contributed by atoms with van der Waals surface area (Å²) in [4.78, 5) is 18.6. The Morgan fingerprint density at radius 2 is 2.00 bits per heavy atom. The van der Waals surface area contributed by atoms with Crippen molar-refractivity contribution in [3.63, 3.8) is 0 Å². The Kier molecular flexibility index (Phi) is 10.4. The summed E-state index contributed by atoms with van der Waals surface area (Å²) in [6.07, 6.45) is -3.21. The summed E-state index contributed by atoms with van der Waals surface area (Å²) in [5, 5.41) is 0. The lowest BCUT2D eigenvalue weighted by atomic mass is 10.8. The molecule has 0 aromatic rings. The summed E-state index contributed by atoms with van der Waals surface area (Å²) in [6.45, 7) is 3.65. The van der Waals surface area contributed by atoms with E-state index in [4.69, 9.17) is 4.79 Å². The Hall–Kier alpha value is -1.00. The number of carbonyl (C=O) groups excluding carboxylic acids is 2. The van der Waals surface area contributed by atoms with Gasteiger partial charge in [0.1, 0.15) is 0 Å². The van der Waals surface area contributed by atoms with Gasteiger partial charge >= 0.3 is 5.97 Å². The molecular weight excluding hydrogens is 158 g/mol. The molecule has 0 amide bonds. The van der Waals surface area contributed by atoms with Gasteiger partial charge in [0.05, 0.1) is 6.61 Å². The van der Waals surface area contributed by atoms with E-state index in [9.17, 15) is 13.6 Å². The molecule has 0 atom stereocenters. The third-order valence-corrected chi connectivity index (χ3v) is 0.450. The molecule has 0 bridgehead atoms. The Morgan fingerprint density at radius 1 is 1.64 bits per heavy atom. The second-order valence-corrected chi connectivity index (χ2v) is 1.40. The third kappa shape index (κ3) is 27.6. The average molecular weight is 168 g/mol. The number of carbonyl (C=O) groups is 2. The molecule has 0 aliphatic rings. The van der Waals surface area contributed by atoms with Crippen molar-refractivity contribution in [2.24, 2.45) is 0 Å². The van der Waals surface area contributed by atoms with Crippen LogP contribution in [0.5, 0.6) is 0 Å². The molecule has 0 aromatic carbocycles. The quantitative estimate of drug-likeness (QED) is 0.456. The molecule has 66 valence electrons. The molecule has 0 saturated heterocycles. The molecule has 0 aliphatic carbocycles. The molecule has 11 heavy (non-hydrogen) atoms. The monoisotopic (exact) mass is 168 g/mol. The van der Waals surface area contributed by atoms with Crippen LogP contribution in [0.4, 0.5) is 8.78 Å². The number of esters is 1. The zero-order valence-corrected chi connectivity index (χ0v) is 6.34. The van der Waals surface area contributed by atoms with E-state index < -0.39 is 12.7 Å². The average Bonchev–Trinajstić information content (AvgIpc) is 1.89. The van der Waals surface area contributed by atoms with E-state index in [1.807, 2.05) is 0 Å². The first-order valence-corrected chi connectivity index (χ1v) is 2.91. The summed E-state index contributed by atoms with van der Waals surface area (Å²) < 4.78 is 25.2. The molecule has 0 N–H and O–H groups in total. The maximum atomic E-state index is 10.4. The maximum Gasteiger partial charge on any atom is 0.302 e. The van der Waals surface area contributed by atoms with Gasteiger partial charge in [0.25, 0.3) is 6.43 Å². The van der Waals surface area contributed by atoms with Gasteiger partial charge in [-0.05, 0) is 6.92 Å². The van der Waals surface area contributed by atoms with Crippen molar-refractivity contribution in [2.75, 3.05) is 6.61 Å². The highest BCUT2D eigenvalue weighted by Crippen LogP contribution is 1.80. The van der Waals surface area contributed by atoms with Gasteiger partial charge in [0.15, 0.2) is 6.29 Å². The number of aldehydes is 1. The van der Waals surface area contributed by atoms with Gasteiger partial charge in [0, 0.05) is 6.92 Å².